The Morgan fingerprint density at radius 2 is 1.59 bits per heavy atom. The molecule has 0 radical (unpaired) electrons. The number of hydrogen-bond donors (Lipinski definition) is 1. The van der Waals surface area contributed by atoms with Gasteiger partial charge in [-0.3, -0.25) is 14.4 Å². The molecule has 1 N–H and O–H groups in total. The smallest absolute Gasteiger partial charge is 0.325 e. The number of nitrogens with one attached hydrogen (secondary N) is 1. The lowest BCUT2D eigenvalue weighted by Gasteiger charge is -2.36. The molecule has 0 spiro atoms. The van der Waals surface area contributed by atoms with Gasteiger partial charge >= 0.3 is 5.97 Å². The van der Waals surface area contributed by atoms with Gasteiger partial charge in [-0.2, -0.15) is 0 Å². The molecule has 1 fully saturated rings. The Bertz CT molecular complexity index is 939. The fourth-order valence-electron chi connectivity index (χ4n) is 3.37. The van der Waals surface area contributed by atoms with E-state index >= 15 is 0 Å². The van der Waals surface area contributed by atoms with Crippen LogP contribution < -0.4 is 19.7 Å². The van der Waals surface area contributed by atoms with Gasteiger partial charge in [-0.1, -0.05) is 12.1 Å². The van der Waals surface area contributed by atoms with E-state index in [1.807, 2.05) is 24.3 Å². The normalized spacial score (nSPS) is 13.3. The molecular weight excluding hydrogens is 414 g/mol. The molecule has 0 atom stereocenters. The first-order chi connectivity index (χ1) is 15.5. The molecular formula is C23H27N3O6. The molecule has 1 aliphatic rings. The largest absolute Gasteiger partial charge is 0.497 e. The molecule has 0 saturated carbocycles. The predicted molar refractivity (Wildman–Crippen MR) is 118 cm³/mol. The Balaban J connectivity index is 1.39. The van der Waals surface area contributed by atoms with E-state index in [1.165, 1.54) is 7.11 Å². The molecule has 0 bridgehead atoms. The summed E-state index contributed by atoms with van der Waals surface area (Å²) in [5, 5.41) is 2.47. The van der Waals surface area contributed by atoms with Crippen molar-refractivity contribution in [3.63, 3.8) is 0 Å². The van der Waals surface area contributed by atoms with Gasteiger partial charge in [0.1, 0.15) is 18.0 Å². The number of ether oxygens (including phenoxy) is 3. The second kappa shape index (κ2) is 11.0. The van der Waals surface area contributed by atoms with Gasteiger partial charge in [0, 0.05) is 31.9 Å². The zero-order valence-corrected chi connectivity index (χ0v) is 18.2. The van der Waals surface area contributed by atoms with Crippen LogP contribution in [0.1, 0.15) is 10.4 Å². The van der Waals surface area contributed by atoms with Crippen LogP contribution in [0.4, 0.5) is 5.69 Å². The summed E-state index contributed by atoms with van der Waals surface area (Å²) >= 11 is 0. The molecule has 2 aromatic rings. The summed E-state index contributed by atoms with van der Waals surface area (Å²) < 4.78 is 15.3. The first-order valence-corrected chi connectivity index (χ1v) is 10.3. The summed E-state index contributed by atoms with van der Waals surface area (Å²) in [5.41, 5.74) is 1.38. The molecule has 170 valence electrons. The van der Waals surface area contributed by atoms with Crippen LogP contribution in [0, 0.1) is 0 Å². The Hall–Kier alpha value is -3.75. The minimum absolute atomic E-state index is 0.260. The van der Waals surface area contributed by atoms with Crippen molar-refractivity contribution in [2.24, 2.45) is 0 Å². The summed E-state index contributed by atoms with van der Waals surface area (Å²) in [4.78, 5) is 40.4. The molecule has 1 saturated heterocycles. The second-order valence-electron chi connectivity index (χ2n) is 7.11. The van der Waals surface area contributed by atoms with Gasteiger partial charge < -0.3 is 29.3 Å². The van der Waals surface area contributed by atoms with Crippen LogP contribution in [0.25, 0.3) is 0 Å². The van der Waals surface area contributed by atoms with Gasteiger partial charge in [0.2, 0.25) is 0 Å². The standard InChI is InChI=1S/C23H27N3O6/c1-30-18-9-7-17(8-10-18)25-11-13-26(14-12-25)21(27)16-32-22(28)15-24-23(29)19-5-3-4-6-20(19)31-2/h3-10H,11-16H2,1-2H3,(H,24,29). The highest BCUT2D eigenvalue weighted by atomic mass is 16.5. The SMILES string of the molecule is COc1ccc(N2CCN(C(=O)COC(=O)CNC(=O)c3ccccc3OC)CC2)cc1. The summed E-state index contributed by atoms with van der Waals surface area (Å²) in [7, 11) is 3.09. The highest BCUT2D eigenvalue weighted by Gasteiger charge is 2.22. The molecule has 9 nitrogen and oxygen atoms in total. The van der Waals surface area contributed by atoms with Crippen molar-refractivity contribution in [2.75, 3.05) is 58.5 Å². The van der Waals surface area contributed by atoms with Crippen LogP contribution >= 0.6 is 0 Å². The van der Waals surface area contributed by atoms with Crippen molar-refractivity contribution >= 4 is 23.5 Å². The fourth-order valence-corrected chi connectivity index (χ4v) is 3.37. The van der Waals surface area contributed by atoms with E-state index in [0.29, 0.717) is 37.5 Å². The summed E-state index contributed by atoms with van der Waals surface area (Å²) in [6.07, 6.45) is 0. The molecule has 0 unspecified atom stereocenters. The monoisotopic (exact) mass is 441 g/mol. The quantitative estimate of drug-likeness (QED) is 0.617. The molecule has 2 aromatic carbocycles. The molecule has 3 rings (SSSR count). The molecule has 32 heavy (non-hydrogen) atoms. The zero-order chi connectivity index (χ0) is 22.9. The van der Waals surface area contributed by atoms with Crippen LogP contribution in [-0.2, 0) is 14.3 Å². The number of piperazine rings is 1. The number of hydrogen-bond acceptors (Lipinski definition) is 7. The summed E-state index contributed by atoms with van der Waals surface area (Å²) in [6, 6.07) is 14.5. The summed E-state index contributed by atoms with van der Waals surface area (Å²) in [6.45, 7) is 1.74. The van der Waals surface area contributed by atoms with E-state index in [-0.39, 0.29) is 19.1 Å². The highest BCUT2D eigenvalue weighted by molar-refractivity contribution is 5.98. The second-order valence-corrected chi connectivity index (χ2v) is 7.11. The number of nitrogens with zero attached hydrogens (tertiary/aromatic N) is 2. The topological polar surface area (TPSA) is 97.4 Å². The van der Waals surface area contributed by atoms with E-state index in [0.717, 1.165) is 11.4 Å². The number of benzene rings is 2. The number of methoxy groups -OCH3 is 2. The van der Waals surface area contributed by atoms with Crippen molar-refractivity contribution in [3.8, 4) is 11.5 Å². The van der Waals surface area contributed by atoms with Crippen molar-refractivity contribution in [1.29, 1.82) is 0 Å². The molecule has 9 heteroatoms. The lowest BCUT2D eigenvalue weighted by molar-refractivity contribution is -0.151. The van der Waals surface area contributed by atoms with Gasteiger partial charge in [-0.15, -0.1) is 0 Å². The fraction of sp³-hybridized carbons (Fsp3) is 0.348. The van der Waals surface area contributed by atoms with Crippen LogP contribution in [0.15, 0.2) is 48.5 Å². The van der Waals surface area contributed by atoms with Gasteiger partial charge in [0.15, 0.2) is 6.61 Å². The first kappa shape index (κ1) is 22.9. The Morgan fingerprint density at radius 3 is 2.25 bits per heavy atom. The molecule has 0 aliphatic carbocycles. The lowest BCUT2D eigenvalue weighted by atomic mass is 10.2. The molecule has 2 amide bonds. The predicted octanol–water partition coefficient (Wildman–Crippen LogP) is 1.33. The third-order valence-corrected chi connectivity index (χ3v) is 5.17. The van der Waals surface area contributed by atoms with E-state index in [9.17, 15) is 14.4 Å². The van der Waals surface area contributed by atoms with Gasteiger partial charge in [-0.25, -0.2) is 0 Å². The third-order valence-electron chi connectivity index (χ3n) is 5.17. The molecule has 0 aromatic heterocycles. The number of anilines is 1. The molecule has 1 aliphatic heterocycles. The number of esters is 1. The Labute approximate surface area is 186 Å². The average Bonchev–Trinajstić information content (AvgIpc) is 2.85. The Morgan fingerprint density at radius 1 is 0.906 bits per heavy atom. The van der Waals surface area contributed by atoms with E-state index in [4.69, 9.17) is 14.2 Å². The van der Waals surface area contributed by atoms with Gasteiger partial charge in [0.05, 0.1) is 19.8 Å². The number of carbonyl (C=O) groups excluding carboxylic acids is 3. The van der Waals surface area contributed by atoms with Crippen molar-refractivity contribution in [1.82, 2.24) is 10.2 Å². The number of carbonyl (C=O) groups is 3. The van der Waals surface area contributed by atoms with Crippen LogP contribution in [0.2, 0.25) is 0 Å². The average molecular weight is 441 g/mol. The Kier molecular flexibility index (Phi) is 7.91. The number of amides is 2. The number of rotatable bonds is 8. The zero-order valence-electron chi connectivity index (χ0n) is 18.2. The minimum atomic E-state index is -0.682. The molecule has 1 heterocycles. The van der Waals surface area contributed by atoms with E-state index in [2.05, 4.69) is 10.2 Å². The van der Waals surface area contributed by atoms with E-state index < -0.39 is 11.9 Å². The van der Waals surface area contributed by atoms with Crippen LogP contribution in [0.3, 0.4) is 0 Å². The minimum Gasteiger partial charge on any atom is -0.497 e. The van der Waals surface area contributed by atoms with Crippen molar-refractivity contribution in [3.05, 3.63) is 54.1 Å². The van der Waals surface area contributed by atoms with Crippen LogP contribution in [0.5, 0.6) is 11.5 Å². The van der Waals surface area contributed by atoms with Gasteiger partial charge in [-0.05, 0) is 36.4 Å². The van der Waals surface area contributed by atoms with Crippen molar-refractivity contribution < 1.29 is 28.6 Å². The van der Waals surface area contributed by atoms with E-state index in [1.54, 1.807) is 36.3 Å². The first-order valence-electron chi connectivity index (χ1n) is 10.3. The maximum absolute atomic E-state index is 12.4. The number of para-hydroxylation sites is 1. The van der Waals surface area contributed by atoms with Crippen molar-refractivity contribution in [2.45, 2.75) is 0 Å². The maximum Gasteiger partial charge on any atom is 0.325 e. The summed E-state index contributed by atoms with van der Waals surface area (Å²) in [5.74, 6) is -0.201. The lowest BCUT2D eigenvalue weighted by Crippen LogP contribution is -2.50. The van der Waals surface area contributed by atoms with Gasteiger partial charge in [0.25, 0.3) is 11.8 Å². The van der Waals surface area contributed by atoms with Crippen LogP contribution in [-0.4, -0.2) is 76.2 Å². The highest BCUT2D eigenvalue weighted by Crippen LogP contribution is 2.20. The maximum atomic E-state index is 12.4. The third kappa shape index (κ3) is 5.90.